The number of hydrogen-bond donors (Lipinski definition) is 1. The van der Waals surface area contributed by atoms with Gasteiger partial charge in [-0.15, -0.1) is 5.10 Å². The van der Waals surface area contributed by atoms with Crippen molar-refractivity contribution in [2.24, 2.45) is 5.92 Å². The number of nitrogens with zero attached hydrogens (tertiary/aromatic N) is 4. The molecule has 0 spiro atoms. The van der Waals surface area contributed by atoms with Crippen LogP contribution in [-0.2, 0) is 4.79 Å². The quantitative estimate of drug-likeness (QED) is 0.566. The van der Waals surface area contributed by atoms with E-state index in [4.69, 9.17) is 4.74 Å². The van der Waals surface area contributed by atoms with Gasteiger partial charge in [-0.05, 0) is 55.0 Å². The minimum atomic E-state index is -0.874. The first-order valence-corrected chi connectivity index (χ1v) is 11.8. The van der Waals surface area contributed by atoms with Crippen molar-refractivity contribution in [1.82, 2.24) is 15.1 Å². The minimum absolute atomic E-state index is 0.0481. The highest BCUT2D eigenvalue weighted by Gasteiger charge is 2.31. The molecule has 8 nitrogen and oxygen atoms in total. The smallest absolute Gasteiger partial charge is 0.256 e. The zero-order chi connectivity index (χ0) is 25.1. The summed E-state index contributed by atoms with van der Waals surface area (Å²) in [6.45, 7) is 2.06. The van der Waals surface area contributed by atoms with Crippen LogP contribution < -0.4 is 15.0 Å². The van der Waals surface area contributed by atoms with Crippen LogP contribution in [0.15, 0.2) is 60.8 Å². The van der Waals surface area contributed by atoms with Crippen molar-refractivity contribution >= 4 is 23.3 Å². The van der Waals surface area contributed by atoms with Crippen LogP contribution in [0, 0.1) is 17.6 Å². The maximum atomic E-state index is 14.0. The molecule has 0 radical (unpaired) electrons. The summed E-state index contributed by atoms with van der Waals surface area (Å²) >= 11 is 0. The molecule has 5 rings (SSSR count). The van der Waals surface area contributed by atoms with Crippen LogP contribution in [0.4, 0.5) is 20.3 Å². The van der Waals surface area contributed by atoms with Gasteiger partial charge >= 0.3 is 0 Å². The molecule has 2 aliphatic rings. The molecule has 2 saturated heterocycles. The Morgan fingerprint density at radius 3 is 2.58 bits per heavy atom. The predicted molar refractivity (Wildman–Crippen MR) is 129 cm³/mol. The first-order valence-electron chi connectivity index (χ1n) is 11.8. The van der Waals surface area contributed by atoms with E-state index in [0.29, 0.717) is 43.6 Å². The van der Waals surface area contributed by atoms with Crippen molar-refractivity contribution in [1.29, 1.82) is 0 Å². The molecule has 2 aliphatic heterocycles. The van der Waals surface area contributed by atoms with E-state index in [1.165, 1.54) is 4.90 Å². The number of carbonyl (C=O) groups excluding carboxylic acids is 2. The number of halogens is 2. The van der Waals surface area contributed by atoms with Gasteiger partial charge in [-0.3, -0.25) is 9.59 Å². The fraction of sp³-hybridized carbons (Fsp3) is 0.308. The normalized spacial score (nSPS) is 19.4. The van der Waals surface area contributed by atoms with Gasteiger partial charge in [0.05, 0.1) is 18.0 Å². The monoisotopic (exact) mass is 493 g/mol. The van der Waals surface area contributed by atoms with Crippen LogP contribution in [0.5, 0.6) is 5.75 Å². The van der Waals surface area contributed by atoms with Gasteiger partial charge in [0, 0.05) is 44.0 Å². The average Bonchev–Trinajstić information content (AvgIpc) is 3.56. The number of likely N-dealkylation sites (tertiary alicyclic amines) is 1. The molecule has 3 heterocycles. The summed E-state index contributed by atoms with van der Waals surface area (Å²) in [5, 5.41) is 11.0. The fourth-order valence-electron chi connectivity index (χ4n) is 4.54. The van der Waals surface area contributed by atoms with E-state index in [-0.39, 0.29) is 23.5 Å². The number of carbonyl (C=O) groups is 2. The van der Waals surface area contributed by atoms with Crippen LogP contribution in [0.2, 0.25) is 0 Å². The lowest BCUT2D eigenvalue weighted by Crippen LogP contribution is -2.31. The Morgan fingerprint density at radius 1 is 1.00 bits per heavy atom. The molecule has 36 heavy (non-hydrogen) atoms. The molecule has 10 heteroatoms. The third-order valence-corrected chi connectivity index (χ3v) is 6.46. The number of ether oxygens (including phenoxy) is 1. The van der Waals surface area contributed by atoms with E-state index in [1.807, 2.05) is 17.0 Å². The van der Waals surface area contributed by atoms with Gasteiger partial charge in [-0.2, -0.15) is 5.10 Å². The molecule has 186 valence electrons. The Labute approximate surface area is 206 Å². The number of amides is 2. The van der Waals surface area contributed by atoms with Crippen LogP contribution in [-0.4, -0.2) is 59.2 Å². The zero-order valence-electron chi connectivity index (χ0n) is 19.4. The lowest BCUT2D eigenvalue weighted by Gasteiger charge is -2.18. The number of hydrogen-bond acceptors (Lipinski definition) is 6. The van der Waals surface area contributed by atoms with E-state index in [9.17, 15) is 18.4 Å². The van der Waals surface area contributed by atoms with Gasteiger partial charge in [0.2, 0.25) is 5.91 Å². The molecule has 3 aromatic rings. The van der Waals surface area contributed by atoms with Crippen molar-refractivity contribution in [3.63, 3.8) is 0 Å². The van der Waals surface area contributed by atoms with Gasteiger partial charge in [-0.25, -0.2) is 8.78 Å². The van der Waals surface area contributed by atoms with Crippen LogP contribution in [0.25, 0.3) is 0 Å². The highest BCUT2D eigenvalue weighted by molar-refractivity contribution is 5.95. The number of anilines is 2. The lowest BCUT2D eigenvalue weighted by molar-refractivity contribution is -0.119. The average molecular weight is 494 g/mol. The number of nitrogens with one attached hydrogen (secondary N) is 1. The molecule has 2 fully saturated rings. The molecule has 1 N–H and O–H groups in total. The van der Waals surface area contributed by atoms with E-state index >= 15 is 0 Å². The van der Waals surface area contributed by atoms with E-state index in [1.54, 1.807) is 30.5 Å². The fourth-order valence-corrected chi connectivity index (χ4v) is 4.54. The van der Waals surface area contributed by atoms with Crippen molar-refractivity contribution in [3.05, 3.63) is 78.0 Å². The second-order valence-electron chi connectivity index (χ2n) is 8.93. The largest absolute Gasteiger partial charge is 0.489 e. The third-order valence-electron chi connectivity index (χ3n) is 6.46. The maximum Gasteiger partial charge on any atom is 0.256 e. The van der Waals surface area contributed by atoms with E-state index in [2.05, 4.69) is 15.5 Å². The van der Waals surface area contributed by atoms with E-state index < -0.39 is 17.5 Å². The van der Waals surface area contributed by atoms with Gasteiger partial charge in [0.1, 0.15) is 23.5 Å². The van der Waals surface area contributed by atoms with Gasteiger partial charge in [0.25, 0.3) is 5.91 Å². The highest BCUT2D eigenvalue weighted by Crippen LogP contribution is 2.25. The van der Waals surface area contributed by atoms with Crippen LogP contribution >= 0.6 is 0 Å². The first kappa shape index (κ1) is 23.7. The summed E-state index contributed by atoms with van der Waals surface area (Å²) < 4.78 is 33.1. The lowest BCUT2D eigenvalue weighted by atomic mass is 10.1. The van der Waals surface area contributed by atoms with Crippen LogP contribution in [0.1, 0.15) is 23.2 Å². The summed E-state index contributed by atoms with van der Waals surface area (Å²) in [5.74, 6) is -0.899. The summed E-state index contributed by atoms with van der Waals surface area (Å²) in [6, 6.07) is 13.7. The van der Waals surface area contributed by atoms with Gasteiger partial charge in [0.15, 0.2) is 5.82 Å². The van der Waals surface area contributed by atoms with Crippen molar-refractivity contribution in [2.75, 3.05) is 36.4 Å². The molecule has 2 atom stereocenters. The first-order chi connectivity index (χ1) is 17.5. The summed E-state index contributed by atoms with van der Waals surface area (Å²) in [6.07, 6.45) is 2.71. The predicted octanol–water partition coefficient (Wildman–Crippen LogP) is 3.51. The summed E-state index contributed by atoms with van der Waals surface area (Å²) in [5.41, 5.74) is 0.513. The van der Waals surface area contributed by atoms with Crippen LogP contribution in [0.3, 0.4) is 0 Å². The Kier molecular flexibility index (Phi) is 6.75. The molecule has 0 saturated carbocycles. The Balaban J connectivity index is 1.11. The standard InChI is InChI=1S/C26H25F2N5O3/c27-18-3-8-22(23(28)14-18)26(35)33-13-10-21(16-33)36-20-6-4-19(5-7-20)30-25(34)17-9-12-32(15-17)24-2-1-11-29-31-24/h1-8,11,14,17,21H,9-10,12-13,15-16H2,(H,30,34)/t17-,21+/m0/s1. The molecule has 0 bridgehead atoms. The number of rotatable bonds is 6. The Hall–Kier alpha value is -4.08. The molecule has 2 amide bonds. The topological polar surface area (TPSA) is 87.7 Å². The molecular weight excluding hydrogens is 468 g/mol. The summed E-state index contributed by atoms with van der Waals surface area (Å²) in [4.78, 5) is 28.9. The van der Waals surface area contributed by atoms with Gasteiger partial charge < -0.3 is 19.9 Å². The second kappa shape index (κ2) is 10.3. The summed E-state index contributed by atoms with van der Waals surface area (Å²) in [7, 11) is 0. The molecule has 0 aliphatic carbocycles. The highest BCUT2D eigenvalue weighted by atomic mass is 19.1. The van der Waals surface area contributed by atoms with Crippen molar-refractivity contribution < 1.29 is 23.1 Å². The molecule has 1 aromatic heterocycles. The zero-order valence-corrected chi connectivity index (χ0v) is 19.4. The molecular formula is C26H25F2N5O3. The van der Waals surface area contributed by atoms with E-state index in [0.717, 1.165) is 30.9 Å². The number of benzene rings is 2. The molecule has 0 unspecified atom stereocenters. The Bertz CT molecular complexity index is 1240. The van der Waals surface area contributed by atoms with Crippen molar-refractivity contribution in [3.8, 4) is 5.75 Å². The van der Waals surface area contributed by atoms with Gasteiger partial charge in [-0.1, -0.05) is 0 Å². The second-order valence-corrected chi connectivity index (χ2v) is 8.93. The molecule has 2 aromatic carbocycles. The van der Waals surface area contributed by atoms with Crippen molar-refractivity contribution in [2.45, 2.75) is 18.9 Å². The maximum absolute atomic E-state index is 14.0. The number of aromatic nitrogens is 2. The third kappa shape index (κ3) is 5.27. The SMILES string of the molecule is O=C(Nc1ccc(O[C@@H]2CCN(C(=O)c3ccc(F)cc3F)C2)cc1)[C@H]1CCN(c2cccnn2)C1. The Morgan fingerprint density at radius 2 is 1.83 bits per heavy atom. The minimum Gasteiger partial charge on any atom is -0.489 e.